The predicted octanol–water partition coefficient (Wildman–Crippen LogP) is 7.80. The van der Waals surface area contributed by atoms with E-state index in [0.717, 1.165) is 12.8 Å². The lowest BCUT2D eigenvalue weighted by Gasteiger charge is -2.09. The summed E-state index contributed by atoms with van der Waals surface area (Å²) in [5.74, 6) is 0.112. The summed E-state index contributed by atoms with van der Waals surface area (Å²) in [4.78, 5) is 0. The minimum atomic E-state index is 0.112. The zero-order valence-electron chi connectivity index (χ0n) is 18.7. The van der Waals surface area contributed by atoms with Crippen LogP contribution in [-0.2, 0) is 0 Å². The van der Waals surface area contributed by atoms with Crippen molar-refractivity contribution < 1.29 is 10.2 Å². The Bertz CT molecular complexity index is 251. The van der Waals surface area contributed by atoms with E-state index in [-0.39, 0.29) is 19.1 Å². The fourth-order valence-corrected chi connectivity index (χ4v) is 3.93. The van der Waals surface area contributed by atoms with E-state index in [9.17, 15) is 0 Å². The molecule has 0 unspecified atom stereocenters. The molecule has 0 heterocycles. The summed E-state index contributed by atoms with van der Waals surface area (Å²) >= 11 is 0. The van der Waals surface area contributed by atoms with Crippen LogP contribution in [-0.4, -0.2) is 23.4 Å². The highest BCUT2D eigenvalue weighted by molar-refractivity contribution is 4.56. The van der Waals surface area contributed by atoms with Crippen LogP contribution in [0.15, 0.2) is 0 Å². The average Bonchev–Trinajstić information content (AvgIpc) is 2.69. The Morgan fingerprint density at radius 1 is 0.407 bits per heavy atom. The zero-order valence-corrected chi connectivity index (χ0v) is 18.7. The topological polar surface area (TPSA) is 40.5 Å². The highest BCUT2D eigenvalue weighted by Gasteiger charge is 2.04. The second-order valence-corrected chi connectivity index (χ2v) is 8.74. The molecule has 2 N–H and O–H groups in total. The van der Waals surface area contributed by atoms with Gasteiger partial charge in [0.1, 0.15) is 0 Å². The maximum absolute atomic E-state index is 9.02. The van der Waals surface area contributed by atoms with Crippen molar-refractivity contribution in [3.63, 3.8) is 0 Å². The molecule has 0 aliphatic rings. The lowest BCUT2D eigenvalue weighted by atomic mass is 10.0. The maximum Gasteiger partial charge on any atom is 0.0481 e. The first-order valence-corrected chi connectivity index (χ1v) is 12.6. The van der Waals surface area contributed by atoms with Gasteiger partial charge in [-0.2, -0.15) is 0 Å². The monoisotopic (exact) mass is 384 g/mol. The third kappa shape index (κ3) is 22.1. The Kier molecular flexibility index (Phi) is 23.9. The molecule has 0 aromatic carbocycles. The molecule has 0 radical (unpaired) electrons. The van der Waals surface area contributed by atoms with Gasteiger partial charge in [0.05, 0.1) is 0 Å². The molecule has 0 saturated carbocycles. The molecule has 0 aliphatic heterocycles. The molecule has 0 aromatic heterocycles. The van der Waals surface area contributed by atoms with E-state index in [1.807, 2.05) is 0 Å². The van der Waals surface area contributed by atoms with Crippen molar-refractivity contribution >= 4 is 0 Å². The maximum atomic E-state index is 9.02. The van der Waals surface area contributed by atoms with Crippen LogP contribution in [0.5, 0.6) is 0 Å². The van der Waals surface area contributed by atoms with Crippen molar-refractivity contribution in [3.8, 4) is 0 Å². The molecule has 0 fully saturated rings. The molecule has 2 nitrogen and oxygen atoms in total. The molecule has 0 rings (SSSR count). The van der Waals surface area contributed by atoms with Gasteiger partial charge in [0.15, 0.2) is 0 Å². The number of hydrogen-bond donors (Lipinski definition) is 2. The Balaban J connectivity index is 3.03. The average molecular weight is 385 g/mol. The lowest BCUT2D eigenvalue weighted by molar-refractivity contribution is 0.141. The standard InChI is InChI=1S/C25H52O2/c1-2-3-4-5-6-7-8-9-10-11-12-13-14-15-16-17-18-19-20-21-22-25(23-26)24-27/h25-27H,2-24H2,1H3. The van der Waals surface area contributed by atoms with Gasteiger partial charge in [-0.05, 0) is 6.42 Å². The first-order valence-electron chi connectivity index (χ1n) is 12.6. The number of aliphatic hydroxyl groups is 2. The van der Waals surface area contributed by atoms with E-state index >= 15 is 0 Å². The van der Waals surface area contributed by atoms with Crippen molar-refractivity contribution in [3.05, 3.63) is 0 Å². The first kappa shape index (κ1) is 26.9. The largest absolute Gasteiger partial charge is 0.396 e. The van der Waals surface area contributed by atoms with Gasteiger partial charge < -0.3 is 10.2 Å². The van der Waals surface area contributed by atoms with Gasteiger partial charge in [-0.25, -0.2) is 0 Å². The molecule has 0 spiro atoms. The van der Waals surface area contributed by atoms with Crippen molar-refractivity contribution in [2.24, 2.45) is 5.92 Å². The zero-order chi connectivity index (χ0) is 19.8. The van der Waals surface area contributed by atoms with Crippen molar-refractivity contribution in [1.29, 1.82) is 0 Å². The van der Waals surface area contributed by atoms with E-state index in [2.05, 4.69) is 6.92 Å². The highest BCUT2D eigenvalue weighted by atomic mass is 16.3. The summed E-state index contributed by atoms with van der Waals surface area (Å²) in [5.41, 5.74) is 0. The molecule has 27 heavy (non-hydrogen) atoms. The Labute approximate surface area is 171 Å². The van der Waals surface area contributed by atoms with Gasteiger partial charge in [0.25, 0.3) is 0 Å². The molecule has 0 aliphatic carbocycles. The van der Waals surface area contributed by atoms with Gasteiger partial charge >= 0.3 is 0 Å². The van der Waals surface area contributed by atoms with Crippen molar-refractivity contribution in [1.82, 2.24) is 0 Å². The molecule has 0 bridgehead atoms. The number of hydrogen-bond acceptors (Lipinski definition) is 2. The van der Waals surface area contributed by atoms with Crippen LogP contribution in [0, 0.1) is 5.92 Å². The normalized spacial score (nSPS) is 11.6. The molecule has 0 aromatic rings. The van der Waals surface area contributed by atoms with E-state index < -0.39 is 0 Å². The van der Waals surface area contributed by atoms with Gasteiger partial charge in [-0.3, -0.25) is 0 Å². The minimum absolute atomic E-state index is 0.112. The van der Waals surface area contributed by atoms with Crippen LogP contribution in [0.2, 0.25) is 0 Å². The van der Waals surface area contributed by atoms with Gasteiger partial charge in [-0.1, -0.05) is 135 Å². The summed E-state index contributed by atoms with van der Waals surface area (Å²) in [6.45, 7) is 2.56. The summed E-state index contributed by atoms with van der Waals surface area (Å²) in [6, 6.07) is 0. The summed E-state index contributed by atoms with van der Waals surface area (Å²) in [7, 11) is 0. The number of aliphatic hydroxyl groups excluding tert-OH is 2. The minimum Gasteiger partial charge on any atom is -0.396 e. The van der Waals surface area contributed by atoms with Crippen LogP contribution in [0.25, 0.3) is 0 Å². The third-order valence-electron chi connectivity index (χ3n) is 5.98. The molecule has 0 saturated heterocycles. The van der Waals surface area contributed by atoms with E-state index in [4.69, 9.17) is 10.2 Å². The number of unbranched alkanes of at least 4 members (excludes halogenated alkanes) is 19. The van der Waals surface area contributed by atoms with Crippen LogP contribution in [0.3, 0.4) is 0 Å². The fourth-order valence-electron chi connectivity index (χ4n) is 3.93. The van der Waals surface area contributed by atoms with Crippen molar-refractivity contribution in [2.45, 2.75) is 142 Å². The summed E-state index contributed by atoms with van der Waals surface area (Å²) in [5, 5.41) is 18.0. The first-order chi connectivity index (χ1) is 13.3. The second kappa shape index (κ2) is 24.0. The Morgan fingerprint density at radius 2 is 0.667 bits per heavy atom. The van der Waals surface area contributed by atoms with Crippen molar-refractivity contribution in [2.75, 3.05) is 13.2 Å². The fraction of sp³-hybridized carbons (Fsp3) is 1.00. The van der Waals surface area contributed by atoms with E-state index in [1.165, 1.54) is 122 Å². The summed E-state index contributed by atoms with van der Waals surface area (Å²) < 4.78 is 0. The SMILES string of the molecule is CCCCCCCCCCCCCCCCCCCCCCC(CO)CO. The van der Waals surface area contributed by atoms with Gasteiger partial charge in [0, 0.05) is 19.1 Å². The van der Waals surface area contributed by atoms with Crippen LogP contribution >= 0.6 is 0 Å². The van der Waals surface area contributed by atoms with Gasteiger partial charge in [0.2, 0.25) is 0 Å². The molecule has 0 amide bonds. The number of rotatable bonds is 23. The van der Waals surface area contributed by atoms with E-state index in [0.29, 0.717) is 0 Å². The third-order valence-corrected chi connectivity index (χ3v) is 5.98. The Morgan fingerprint density at radius 3 is 0.926 bits per heavy atom. The summed E-state index contributed by atoms with van der Waals surface area (Å²) in [6.07, 6.45) is 29.1. The van der Waals surface area contributed by atoms with E-state index in [1.54, 1.807) is 0 Å². The lowest BCUT2D eigenvalue weighted by Crippen LogP contribution is -2.10. The molecular formula is C25H52O2. The molecule has 0 atom stereocenters. The van der Waals surface area contributed by atoms with Crippen LogP contribution in [0.4, 0.5) is 0 Å². The predicted molar refractivity (Wildman–Crippen MR) is 120 cm³/mol. The quantitative estimate of drug-likeness (QED) is 0.176. The molecule has 2 heteroatoms. The highest BCUT2D eigenvalue weighted by Crippen LogP contribution is 2.15. The van der Waals surface area contributed by atoms with Gasteiger partial charge in [-0.15, -0.1) is 0 Å². The van der Waals surface area contributed by atoms with Crippen LogP contribution in [0.1, 0.15) is 142 Å². The molecular weight excluding hydrogens is 332 g/mol. The smallest absolute Gasteiger partial charge is 0.0481 e. The van der Waals surface area contributed by atoms with Crippen LogP contribution < -0.4 is 0 Å². The molecule has 164 valence electrons. The Hall–Kier alpha value is -0.0800. The second-order valence-electron chi connectivity index (χ2n) is 8.74.